The summed E-state index contributed by atoms with van der Waals surface area (Å²) in [5.41, 5.74) is 0. The molecule has 0 bridgehead atoms. The molecule has 2 fully saturated rings. The molecule has 4 heteroatoms. The van der Waals surface area contributed by atoms with Crippen LogP contribution in [0.3, 0.4) is 0 Å². The first-order chi connectivity index (χ1) is 13.7. The van der Waals surface area contributed by atoms with E-state index in [4.69, 9.17) is 18.9 Å². The Morgan fingerprint density at radius 3 is 1.36 bits per heavy atom. The largest absolute Gasteiger partial charge is 0.502 e. The molecule has 2 rings (SSSR count). The molecule has 0 aromatic heterocycles. The van der Waals surface area contributed by atoms with Crippen LogP contribution in [0.1, 0.15) is 52.8 Å². The van der Waals surface area contributed by atoms with Crippen LogP contribution in [0.15, 0.2) is 51.4 Å². The standard InChI is InChI=1S/2C12H20O2.H2/c1-3-13-9-11-6-5-7-12(8-11)10-14-4-2;1-3-13-9-11-7-5-6-8-12(11)10-14-4-2;/h2*3-4,11-12H,1-2,5-10H2;1H/t2*11-,12+;. The van der Waals surface area contributed by atoms with E-state index in [1.807, 2.05) is 0 Å². The predicted molar refractivity (Wildman–Crippen MR) is 118 cm³/mol. The summed E-state index contributed by atoms with van der Waals surface area (Å²) in [5, 5.41) is 0. The van der Waals surface area contributed by atoms with E-state index in [1.54, 1.807) is 0 Å². The first-order valence-electron chi connectivity index (χ1n) is 10.6. The zero-order chi connectivity index (χ0) is 20.5. The summed E-state index contributed by atoms with van der Waals surface area (Å²) in [6.45, 7) is 17.4. The molecule has 0 spiro atoms. The summed E-state index contributed by atoms with van der Waals surface area (Å²) in [6, 6.07) is 0. The van der Waals surface area contributed by atoms with Crippen molar-refractivity contribution in [3.63, 3.8) is 0 Å². The van der Waals surface area contributed by atoms with Gasteiger partial charge in [0, 0.05) is 1.43 Å². The first kappa shape index (κ1) is 24.2. The maximum absolute atomic E-state index is 5.27. The summed E-state index contributed by atoms with van der Waals surface area (Å²) in [5.74, 6) is 2.61. The lowest BCUT2D eigenvalue weighted by atomic mass is 9.80. The topological polar surface area (TPSA) is 36.9 Å². The summed E-state index contributed by atoms with van der Waals surface area (Å²) < 4.78 is 21.0. The van der Waals surface area contributed by atoms with E-state index >= 15 is 0 Å². The molecule has 0 aliphatic heterocycles. The monoisotopic (exact) mass is 394 g/mol. The van der Waals surface area contributed by atoms with Gasteiger partial charge in [-0.1, -0.05) is 45.6 Å². The fraction of sp³-hybridized carbons (Fsp3) is 0.667. The summed E-state index contributed by atoms with van der Waals surface area (Å²) in [7, 11) is 0. The molecule has 0 aromatic rings. The molecule has 0 amide bonds. The molecular formula is C24H42O4. The quantitative estimate of drug-likeness (QED) is 0.355. The third kappa shape index (κ3) is 10.5. The van der Waals surface area contributed by atoms with Gasteiger partial charge in [0.05, 0.1) is 51.5 Å². The van der Waals surface area contributed by atoms with Crippen LogP contribution in [-0.4, -0.2) is 26.4 Å². The minimum absolute atomic E-state index is 0. The molecule has 0 heterocycles. The van der Waals surface area contributed by atoms with Gasteiger partial charge in [-0.05, 0) is 55.8 Å². The molecular weight excluding hydrogens is 352 g/mol. The number of hydrogen-bond acceptors (Lipinski definition) is 4. The maximum Gasteiger partial charge on any atom is 0.0905 e. The van der Waals surface area contributed by atoms with Gasteiger partial charge in [0.15, 0.2) is 0 Å². The van der Waals surface area contributed by atoms with Crippen LogP contribution < -0.4 is 0 Å². The lowest BCUT2D eigenvalue weighted by Crippen LogP contribution is -2.26. The van der Waals surface area contributed by atoms with Crippen LogP contribution in [0.25, 0.3) is 0 Å². The fourth-order valence-electron chi connectivity index (χ4n) is 4.22. The molecule has 28 heavy (non-hydrogen) atoms. The molecule has 4 atom stereocenters. The van der Waals surface area contributed by atoms with Crippen molar-refractivity contribution in [2.45, 2.75) is 51.4 Å². The second-order valence-electron chi connectivity index (χ2n) is 7.70. The van der Waals surface area contributed by atoms with Gasteiger partial charge in [0.2, 0.25) is 0 Å². The highest BCUT2D eigenvalue weighted by molar-refractivity contribution is 4.76. The van der Waals surface area contributed by atoms with Crippen molar-refractivity contribution in [1.29, 1.82) is 0 Å². The maximum atomic E-state index is 5.27. The molecule has 2 aliphatic rings. The Bertz CT molecular complexity index is 403. The van der Waals surface area contributed by atoms with E-state index in [2.05, 4.69) is 26.3 Å². The van der Waals surface area contributed by atoms with E-state index in [-0.39, 0.29) is 1.43 Å². The molecule has 0 radical (unpaired) electrons. The zero-order valence-corrected chi connectivity index (χ0v) is 17.6. The lowest BCUT2D eigenvalue weighted by molar-refractivity contribution is 0.0722. The minimum Gasteiger partial charge on any atom is -0.502 e. The van der Waals surface area contributed by atoms with Crippen LogP contribution in [0.4, 0.5) is 0 Å². The second kappa shape index (κ2) is 16.1. The Balaban J connectivity index is 0.000000523. The van der Waals surface area contributed by atoms with Crippen LogP contribution >= 0.6 is 0 Å². The Hall–Kier alpha value is -1.84. The van der Waals surface area contributed by atoms with E-state index in [0.717, 1.165) is 26.4 Å². The molecule has 162 valence electrons. The van der Waals surface area contributed by atoms with Crippen LogP contribution in [0, 0.1) is 23.7 Å². The number of hydrogen-bond donors (Lipinski definition) is 0. The van der Waals surface area contributed by atoms with Crippen LogP contribution in [0.2, 0.25) is 0 Å². The molecule has 0 N–H and O–H groups in total. The number of ether oxygens (including phenoxy) is 4. The highest BCUT2D eigenvalue weighted by Crippen LogP contribution is 2.31. The van der Waals surface area contributed by atoms with Gasteiger partial charge in [-0.3, -0.25) is 0 Å². The zero-order valence-electron chi connectivity index (χ0n) is 17.6. The summed E-state index contributed by atoms with van der Waals surface area (Å²) in [6.07, 6.45) is 16.3. The molecule has 0 unspecified atom stereocenters. The first-order valence-corrected chi connectivity index (χ1v) is 10.6. The van der Waals surface area contributed by atoms with Crippen molar-refractivity contribution in [3.05, 3.63) is 51.4 Å². The molecule has 0 saturated heterocycles. The smallest absolute Gasteiger partial charge is 0.0905 e. The highest BCUT2D eigenvalue weighted by Gasteiger charge is 2.25. The van der Waals surface area contributed by atoms with Gasteiger partial charge in [-0.15, -0.1) is 0 Å². The van der Waals surface area contributed by atoms with E-state index < -0.39 is 0 Å². The minimum atomic E-state index is 0. The second-order valence-corrected chi connectivity index (χ2v) is 7.70. The Morgan fingerprint density at radius 2 is 0.964 bits per heavy atom. The van der Waals surface area contributed by atoms with Crippen molar-refractivity contribution < 1.29 is 20.4 Å². The van der Waals surface area contributed by atoms with E-state index in [9.17, 15) is 0 Å². The normalized spacial score (nSPS) is 26.6. The molecule has 2 aliphatic carbocycles. The number of rotatable bonds is 12. The highest BCUT2D eigenvalue weighted by atomic mass is 16.5. The molecule has 4 nitrogen and oxygen atoms in total. The van der Waals surface area contributed by atoms with Gasteiger partial charge in [-0.25, -0.2) is 0 Å². The third-order valence-corrected chi connectivity index (χ3v) is 5.71. The molecule has 2 saturated carbocycles. The van der Waals surface area contributed by atoms with Gasteiger partial charge in [0.1, 0.15) is 0 Å². The van der Waals surface area contributed by atoms with Crippen LogP contribution in [-0.2, 0) is 18.9 Å². The van der Waals surface area contributed by atoms with Crippen molar-refractivity contribution in [1.82, 2.24) is 0 Å². The van der Waals surface area contributed by atoms with Crippen LogP contribution in [0.5, 0.6) is 0 Å². The van der Waals surface area contributed by atoms with Gasteiger partial charge in [0.25, 0.3) is 0 Å². The van der Waals surface area contributed by atoms with Gasteiger partial charge >= 0.3 is 0 Å². The fourth-order valence-corrected chi connectivity index (χ4v) is 4.22. The average molecular weight is 395 g/mol. The summed E-state index contributed by atoms with van der Waals surface area (Å²) >= 11 is 0. The average Bonchev–Trinajstić information content (AvgIpc) is 2.74. The predicted octanol–water partition coefficient (Wildman–Crippen LogP) is 6.47. The molecule has 0 aromatic carbocycles. The Morgan fingerprint density at radius 1 is 0.571 bits per heavy atom. The van der Waals surface area contributed by atoms with Crippen molar-refractivity contribution in [2.75, 3.05) is 26.4 Å². The third-order valence-electron chi connectivity index (χ3n) is 5.71. The van der Waals surface area contributed by atoms with E-state index in [1.165, 1.54) is 76.4 Å². The van der Waals surface area contributed by atoms with Crippen molar-refractivity contribution in [2.24, 2.45) is 23.7 Å². The summed E-state index contributed by atoms with van der Waals surface area (Å²) in [4.78, 5) is 0. The van der Waals surface area contributed by atoms with E-state index in [0.29, 0.717) is 23.7 Å². The Labute approximate surface area is 173 Å². The lowest BCUT2D eigenvalue weighted by Gasteiger charge is -2.30. The van der Waals surface area contributed by atoms with Gasteiger partial charge < -0.3 is 18.9 Å². The van der Waals surface area contributed by atoms with Gasteiger partial charge in [-0.2, -0.15) is 0 Å². The SMILES string of the molecule is C=COC[C@H]1CCCC[C@H]1COC=C.C=COC[C@H]1CCC[C@@H](COC=C)C1.[HH]. The Kier molecular flexibility index (Phi) is 14.0. The van der Waals surface area contributed by atoms with Crippen molar-refractivity contribution in [3.8, 4) is 0 Å². The van der Waals surface area contributed by atoms with Crippen molar-refractivity contribution >= 4 is 0 Å².